The average Bonchev–Trinajstić information content (AvgIpc) is 2.61. The number of rotatable bonds is 2. The standard InChI is InChI=1S/C11H10N2O/c1-13-6-4-10(11(13)8-14)9-3-2-5-12-7-9/h2-8H,1H3. The van der Waals surface area contributed by atoms with Crippen LogP contribution in [0.1, 0.15) is 10.5 Å². The highest BCUT2D eigenvalue weighted by molar-refractivity contribution is 5.85. The van der Waals surface area contributed by atoms with E-state index < -0.39 is 0 Å². The Labute approximate surface area is 82.0 Å². The molecule has 0 aliphatic rings. The zero-order valence-electron chi connectivity index (χ0n) is 7.84. The van der Waals surface area contributed by atoms with Crippen LogP contribution in [-0.4, -0.2) is 15.8 Å². The Morgan fingerprint density at radius 1 is 1.43 bits per heavy atom. The molecule has 0 aliphatic carbocycles. The van der Waals surface area contributed by atoms with Crippen molar-refractivity contribution in [1.82, 2.24) is 9.55 Å². The average molecular weight is 186 g/mol. The summed E-state index contributed by atoms with van der Waals surface area (Å²) in [5.41, 5.74) is 2.57. The zero-order chi connectivity index (χ0) is 9.97. The van der Waals surface area contributed by atoms with E-state index in [1.807, 2.05) is 31.4 Å². The zero-order valence-corrected chi connectivity index (χ0v) is 7.84. The summed E-state index contributed by atoms with van der Waals surface area (Å²) in [6.45, 7) is 0. The van der Waals surface area contributed by atoms with Crippen molar-refractivity contribution in [3.63, 3.8) is 0 Å². The van der Waals surface area contributed by atoms with Crippen molar-refractivity contribution >= 4 is 6.29 Å². The fourth-order valence-electron chi connectivity index (χ4n) is 1.45. The summed E-state index contributed by atoms with van der Waals surface area (Å²) in [5.74, 6) is 0. The molecule has 0 aromatic carbocycles. The quantitative estimate of drug-likeness (QED) is 0.671. The molecule has 14 heavy (non-hydrogen) atoms. The number of carbonyl (C=O) groups is 1. The lowest BCUT2D eigenvalue weighted by atomic mass is 10.1. The second-order valence-electron chi connectivity index (χ2n) is 3.09. The van der Waals surface area contributed by atoms with Gasteiger partial charge in [-0.05, 0) is 12.1 Å². The second kappa shape index (κ2) is 3.46. The van der Waals surface area contributed by atoms with Gasteiger partial charge in [-0.3, -0.25) is 9.78 Å². The Bertz CT molecular complexity index is 446. The van der Waals surface area contributed by atoms with E-state index in [4.69, 9.17) is 0 Å². The van der Waals surface area contributed by atoms with Crippen LogP contribution in [0.15, 0.2) is 36.8 Å². The van der Waals surface area contributed by atoms with Crippen molar-refractivity contribution in [2.75, 3.05) is 0 Å². The van der Waals surface area contributed by atoms with Crippen molar-refractivity contribution in [3.05, 3.63) is 42.5 Å². The first-order valence-electron chi connectivity index (χ1n) is 4.34. The third-order valence-corrected chi connectivity index (χ3v) is 2.20. The first-order valence-corrected chi connectivity index (χ1v) is 4.34. The summed E-state index contributed by atoms with van der Waals surface area (Å²) in [5, 5.41) is 0. The molecule has 2 heterocycles. The molecule has 0 radical (unpaired) electrons. The minimum absolute atomic E-state index is 0.679. The van der Waals surface area contributed by atoms with Crippen molar-refractivity contribution in [2.24, 2.45) is 7.05 Å². The molecular weight excluding hydrogens is 176 g/mol. The highest BCUT2D eigenvalue weighted by Crippen LogP contribution is 2.21. The van der Waals surface area contributed by atoms with E-state index in [1.165, 1.54) is 0 Å². The Morgan fingerprint density at radius 3 is 2.93 bits per heavy atom. The van der Waals surface area contributed by atoms with Crippen LogP contribution in [0.5, 0.6) is 0 Å². The summed E-state index contributed by atoms with van der Waals surface area (Å²) in [6.07, 6.45) is 6.20. The number of aldehydes is 1. The van der Waals surface area contributed by atoms with Crippen LogP contribution in [0.3, 0.4) is 0 Å². The molecule has 3 nitrogen and oxygen atoms in total. The predicted molar refractivity (Wildman–Crippen MR) is 54.0 cm³/mol. The molecule has 0 fully saturated rings. The van der Waals surface area contributed by atoms with Crippen molar-refractivity contribution in [3.8, 4) is 11.1 Å². The summed E-state index contributed by atoms with van der Waals surface area (Å²) >= 11 is 0. The Balaban J connectivity index is 2.57. The molecule has 2 aromatic rings. The van der Waals surface area contributed by atoms with Crippen LogP contribution in [0.2, 0.25) is 0 Å². The lowest BCUT2D eigenvalue weighted by Gasteiger charge is -1.99. The summed E-state index contributed by atoms with van der Waals surface area (Å²) < 4.78 is 1.80. The van der Waals surface area contributed by atoms with Gasteiger partial charge in [0.25, 0.3) is 0 Å². The van der Waals surface area contributed by atoms with Crippen molar-refractivity contribution < 1.29 is 4.79 Å². The molecule has 70 valence electrons. The molecule has 0 saturated carbocycles. The molecule has 0 N–H and O–H groups in total. The maximum Gasteiger partial charge on any atom is 0.167 e. The molecule has 0 amide bonds. The fourth-order valence-corrected chi connectivity index (χ4v) is 1.45. The van der Waals surface area contributed by atoms with Gasteiger partial charge in [0.15, 0.2) is 6.29 Å². The predicted octanol–water partition coefficient (Wildman–Crippen LogP) is 1.90. The van der Waals surface area contributed by atoms with E-state index in [9.17, 15) is 4.79 Å². The van der Waals surface area contributed by atoms with Gasteiger partial charge in [-0.2, -0.15) is 0 Å². The molecule has 0 unspecified atom stereocenters. The number of aryl methyl sites for hydroxylation is 1. The first kappa shape index (κ1) is 8.69. The van der Waals surface area contributed by atoms with E-state index in [1.54, 1.807) is 17.0 Å². The van der Waals surface area contributed by atoms with Gasteiger partial charge in [0.2, 0.25) is 0 Å². The largest absolute Gasteiger partial charge is 0.348 e. The third-order valence-electron chi connectivity index (χ3n) is 2.20. The lowest BCUT2D eigenvalue weighted by molar-refractivity contribution is 0.111. The van der Waals surface area contributed by atoms with Crippen molar-refractivity contribution in [1.29, 1.82) is 0 Å². The number of aromatic nitrogens is 2. The molecule has 3 heteroatoms. The monoisotopic (exact) mass is 186 g/mol. The van der Waals surface area contributed by atoms with Gasteiger partial charge in [-0.25, -0.2) is 0 Å². The van der Waals surface area contributed by atoms with E-state index >= 15 is 0 Å². The molecule has 2 aromatic heterocycles. The maximum absolute atomic E-state index is 10.8. The summed E-state index contributed by atoms with van der Waals surface area (Å²) in [7, 11) is 1.85. The maximum atomic E-state index is 10.8. The van der Waals surface area contributed by atoms with Gasteiger partial charge in [-0.15, -0.1) is 0 Å². The summed E-state index contributed by atoms with van der Waals surface area (Å²) in [6, 6.07) is 5.72. The van der Waals surface area contributed by atoms with Crippen LogP contribution < -0.4 is 0 Å². The first-order chi connectivity index (χ1) is 6.83. The normalized spacial score (nSPS) is 10.1. The number of pyridine rings is 1. The van der Waals surface area contributed by atoms with Gasteiger partial charge in [-0.1, -0.05) is 6.07 Å². The Hall–Kier alpha value is -1.90. The minimum atomic E-state index is 0.679. The highest BCUT2D eigenvalue weighted by Gasteiger charge is 2.07. The molecule has 0 atom stereocenters. The molecule has 0 bridgehead atoms. The Kier molecular flexibility index (Phi) is 2.14. The van der Waals surface area contributed by atoms with Gasteiger partial charge < -0.3 is 4.57 Å². The number of nitrogens with zero attached hydrogens (tertiary/aromatic N) is 2. The van der Waals surface area contributed by atoms with Gasteiger partial charge in [0.05, 0.1) is 5.69 Å². The van der Waals surface area contributed by atoms with Crippen LogP contribution in [0.25, 0.3) is 11.1 Å². The van der Waals surface area contributed by atoms with Crippen LogP contribution in [0, 0.1) is 0 Å². The van der Waals surface area contributed by atoms with Gasteiger partial charge >= 0.3 is 0 Å². The molecule has 2 rings (SSSR count). The number of hydrogen-bond donors (Lipinski definition) is 0. The third kappa shape index (κ3) is 1.33. The Morgan fingerprint density at radius 2 is 2.29 bits per heavy atom. The molecule has 0 spiro atoms. The van der Waals surface area contributed by atoms with Crippen molar-refractivity contribution in [2.45, 2.75) is 0 Å². The van der Waals surface area contributed by atoms with Gasteiger partial charge in [0.1, 0.15) is 0 Å². The lowest BCUT2D eigenvalue weighted by Crippen LogP contribution is -1.94. The van der Waals surface area contributed by atoms with E-state index in [2.05, 4.69) is 4.98 Å². The second-order valence-corrected chi connectivity index (χ2v) is 3.09. The summed E-state index contributed by atoms with van der Waals surface area (Å²) in [4.78, 5) is 14.9. The van der Waals surface area contributed by atoms with E-state index in [0.29, 0.717) is 5.69 Å². The topological polar surface area (TPSA) is 34.9 Å². The minimum Gasteiger partial charge on any atom is -0.348 e. The van der Waals surface area contributed by atoms with E-state index in [-0.39, 0.29) is 0 Å². The van der Waals surface area contributed by atoms with Crippen LogP contribution in [-0.2, 0) is 7.05 Å². The smallest absolute Gasteiger partial charge is 0.167 e. The van der Waals surface area contributed by atoms with E-state index in [0.717, 1.165) is 17.4 Å². The van der Waals surface area contributed by atoms with Gasteiger partial charge in [0, 0.05) is 36.8 Å². The number of hydrogen-bond acceptors (Lipinski definition) is 2. The molecule has 0 saturated heterocycles. The fraction of sp³-hybridized carbons (Fsp3) is 0.0909. The number of carbonyl (C=O) groups excluding carboxylic acids is 1. The molecular formula is C11H10N2O. The highest BCUT2D eigenvalue weighted by atomic mass is 16.1. The van der Waals surface area contributed by atoms with Crippen LogP contribution >= 0.6 is 0 Å². The van der Waals surface area contributed by atoms with Crippen LogP contribution in [0.4, 0.5) is 0 Å². The SMILES string of the molecule is Cn1ccc(-c2cccnc2)c1C=O. The molecule has 0 aliphatic heterocycles.